The van der Waals surface area contributed by atoms with Gasteiger partial charge in [-0.05, 0) is 52.1 Å². The second-order valence-corrected chi connectivity index (χ2v) is 6.00. The van der Waals surface area contributed by atoms with E-state index in [4.69, 9.17) is 0 Å². The molecule has 6 heteroatoms. The van der Waals surface area contributed by atoms with Gasteiger partial charge in [-0.25, -0.2) is 9.59 Å². The van der Waals surface area contributed by atoms with Crippen molar-refractivity contribution in [2.75, 3.05) is 26.2 Å². The van der Waals surface area contributed by atoms with Crippen molar-refractivity contribution >= 4 is 12.0 Å². The first kappa shape index (κ1) is 16.1. The van der Waals surface area contributed by atoms with E-state index >= 15 is 0 Å². The highest BCUT2D eigenvalue weighted by atomic mass is 16.4. The molecule has 2 aliphatic heterocycles. The number of hydrogen-bond acceptors (Lipinski definition) is 3. The van der Waals surface area contributed by atoms with Crippen molar-refractivity contribution < 1.29 is 14.7 Å². The zero-order valence-electron chi connectivity index (χ0n) is 13.1. The van der Waals surface area contributed by atoms with E-state index in [1.165, 1.54) is 0 Å². The number of hydrogen-bond donors (Lipinski definition) is 2. The van der Waals surface area contributed by atoms with Crippen LogP contribution in [0.1, 0.15) is 46.0 Å². The van der Waals surface area contributed by atoms with Crippen LogP contribution in [-0.4, -0.2) is 64.7 Å². The van der Waals surface area contributed by atoms with Crippen LogP contribution in [0.25, 0.3) is 0 Å². The lowest BCUT2D eigenvalue weighted by molar-refractivity contribution is -0.148. The molecule has 21 heavy (non-hydrogen) atoms. The number of carbonyl (C=O) groups is 2. The van der Waals surface area contributed by atoms with Crippen molar-refractivity contribution in [1.29, 1.82) is 0 Å². The molecule has 2 N–H and O–H groups in total. The van der Waals surface area contributed by atoms with Gasteiger partial charge in [0, 0.05) is 19.1 Å². The Kier molecular flexibility index (Phi) is 5.08. The summed E-state index contributed by atoms with van der Waals surface area (Å²) < 4.78 is 0. The number of piperidine rings is 1. The maximum Gasteiger partial charge on any atom is 0.329 e. The van der Waals surface area contributed by atoms with E-state index in [9.17, 15) is 14.7 Å². The molecule has 0 aliphatic carbocycles. The molecule has 0 aromatic rings. The highest BCUT2D eigenvalue weighted by Crippen LogP contribution is 2.34. The van der Waals surface area contributed by atoms with Crippen molar-refractivity contribution in [3.8, 4) is 0 Å². The Balaban J connectivity index is 2.17. The lowest BCUT2D eigenvalue weighted by Gasteiger charge is -2.41. The predicted octanol–water partition coefficient (Wildman–Crippen LogP) is 1.51. The molecule has 2 saturated heterocycles. The van der Waals surface area contributed by atoms with Gasteiger partial charge in [-0.2, -0.15) is 0 Å². The Labute approximate surface area is 126 Å². The summed E-state index contributed by atoms with van der Waals surface area (Å²) in [5.41, 5.74) is -1.00. The minimum atomic E-state index is -1.00. The zero-order valence-corrected chi connectivity index (χ0v) is 13.1. The van der Waals surface area contributed by atoms with Gasteiger partial charge < -0.3 is 20.2 Å². The van der Waals surface area contributed by atoms with Crippen molar-refractivity contribution in [2.24, 2.45) is 0 Å². The predicted molar refractivity (Wildman–Crippen MR) is 80.3 cm³/mol. The van der Waals surface area contributed by atoms with Crippen LogP contribution in [0.15, 0.2) is 0 Å². The van der Waals surface area contributed by atoms with Crippen LogP contribution in [0.5, 0.6) is 0 Å². The largest absolute Gasteiger partial charge is 0.479 e. The molecule has 1 atom stereocenters. The van der Waals surface area contributed by atoms with Crippen molar-refractivity contribution in [2.45, 2.75) is 57.5 Å². The molecule has 0 spiro atoms. The first-order chi connectivity index (χ1) is 10.1. The van der Waals surface area contributed by atoms with Crippen LogP contribution < -0.4 is 5.32 Å². The summed E-state index contributed by atoms with van der Waals surface area (Å²) in [7, 11) is 0. The summed E-state index contributed by atoms with van der Waals surface area (Å²) in [6.07, 6.45) is 3.70. The van der Waals surface area contributed by atoms with Gasteiger partial charge in [0.15, 0.2) is 0 Å². The maximum absolute atomic E-state index is 12.9. The topological polar surface area (TPSA) is 72.9 Å². The van der Waals surface area contributed by atoms with Gasteiger partial charge in [-0.1, -0.05) is 6.92 Å². The molecule has 2 heterocycles. The summed E-state index contributed by atoms with van der Waals surface area (Å²) in [5.74, 6) is -0.864. The number of rotatable bonds is 4. The Morgan fingerprint density at radius 2 is 2.00 bits per heavy atom. The molecule has 0 aromatic heterocycles. The van der Waals surface area contributed by atoms with Crippen molar-refractivity contribution in [3.05, 3.63) is 0 Å². The summed E-state index contributed by atoms with van der Waals surface area (Å²) in [4.78, 5) is 28.1. The fourth-order valence-corrected chi connectivity index (χ4v) is 3.72. The van der Waals surface area contributed by atoms with Gasteiger partial charge in [0.1, 0.15) is 5.54 Å². The van der Waals surface area contributed by atoms with E-state index < -0.39 is 11.5 Å². The molecule has 120 valence electrons. The third-order valence-corrected chi connectivity index (χ3v) is 5.04. The smallest absolute Gasteiger partial charge is 0.329 e. The fourth-order valence-electron chi connectivity index (χ4n) is 3.72. The Bertz CT molecular complexity index is 396. The third-order valence-electron chi connectivity index (χ3n) is 5.04. The van der Waals surface area contributed by atoms with E-state index in [0.29, 0.717) is 25.9 Å². The SMILES string of the molecule is CCN(C(=O)N1CCCC1(CC)C(=O)O)C1CCNCC1. The normalized spacial score (nSPS) is 26.9. The van der Waals surface area contributed by atoms with Gasteiger partial charge in [-0.3, -0.25) is 0 Å². The highest BCUT2D eigenvalue weighted by molar-refractivity contribution is 5.87. The van der Waals surface area contributed by atoms with E-state index in [1.807, 2.05) is 18.7 Å². The first-order valence-electron chi connectivity index (χ1n) is 8.09. The van der Waals surface area contributed by atoms with Crippen LogP contribution in [-0.2, 0) is 4.79 Å². The Morgan fingerprint density at radius 3 is 2.52 bits per heavy atom. The number of carbonyl (C=O) groups excluding carboxylic acids is 1. The second-order valence-electron chi connectivity index (χ2n) is 6.00. The van der Waals surface area contributed by atoms with E-state index in [1.54, 1.807) is 4.90 Å². The summed E-state index contributed by atoms with van der Waals surface area (Å²) in [6, 6.07) is 0.138. The molecule has 0 aromatic carbocycles. The number of carboxylic acid groups (broad SMARTS) is 1. The number of aliphatic carboxylic acids is 1. The van der Waals surface area contributed by atoms with Crippen LogP contribution in [0.4, 0.5) is 4.79 Å². The summed E-state index contributed by atoms with van der Waals surface area (Å²) in [6.45, 7) is 6.88. The van der Waals surface area contributed by atoms with Gasteiger partial charge >= 0.3 is 12.0 Å². The molecule has 0 bridgehead atoms. The van der Waals surface area contributed by atoms with Crippen molar-refractivity contribution in [1.82, 2.24) is 15.1 Å². The fraction of sp³-hybridized carbons (Fsp3) is 0.867. The number of carboxylic acids is 1. The summed E-state index contributed by atoms with van der Waals surface area (Å²) >= 11 is 0. The number of likely N-dealkylation sites (tertiary alicyclic amines) is 1. The van der Waals surface area contributed by atoms with Crippen LogP contribution >= 0.6 is 0 Å². The van der Waals surface area contributed by atoms with E-state index in [-0.39, 0.29) is 12.1 Å². The molecule has 0 radical (unpaired) electrons. The maximum atomic E-state index is 12.9. The highest BCUT2D eigenvalue weighted by Gasteiger charge is 2.50. The number of urea groups is 1. The zero-order chi connectivity index (χ0) is 15.5. The average molecular weight is 297 g/mol. The molecule has 2 aliphatic rings. The van der Waals surface area contributed by atoms with E-state index in [0.717, 1.165) is 32.4 Å². The third kappa shape index (κ3) is 2.86. The second kappa shape index (κ2) is 6.64. The minimum absolute atomic E-state index is 0.0915. The van der Waals surface area contributed by atoms with Crippen LogP contribution in [0.2, 0.25) is 0 Å². The Hall–Kier alpha value is -1.30. The molecular formula is C15H27N3O3. The molecule has 0 saturated carbocycles. The van der Waals surface area contributed by atoms with Crippen molar-refractivity contribution in [3.63, 3.8) is 0 Å². The molecular weight excluding hydrogens is 270 g/mol. The lowest BCUT2D eigenvalue weighted by atomic mass is 9.93. The quantitative estimate of drug-likeness (QED) is 0.825. The molecule has 2 amide bonds. The average Bonchev–Trinajstić information content (AvgIpc) is 2.94. The molecule has 6 nitrogen and oxygen atoms in total. The van der Waals surface area contributed by atoms with Gasteiger partial charge in [0.25, 0.3) is 0 Å². The number of nitrogens with one attached hydrogen (secondary N) is 1. The van der Waals surface area contributed by atoms with Crippen LogP contribution in [0.3, 0.4) is 0 Å². The molecule has 2 fully saturated rings. The minimum Gasteiger partial charge on any atom is -0.479 e. The first-order valence-corrected chi connectivity index (χ1v) is 8.09. The Morgan fingerprint density at radius 1 is 1.33 bits per heavy atom. The molecule has 1 unspecified atom stereocenters. The molecule has 2 rings (SSSR count). The number of nitrogens with zero attached hydrogens (tertiary/aromatic N) is 2. The summed E-state index contributed by atoms with van der Waals surface area (Å²) in [5, 5.41) is 12.9. The van der Waals surface area contributed by atoms with Gasteiger partial charge in [0.05, 0.1) is 0 Å². The van der Waals surface area contributed by atoms with Crippen LogP contribution in [0, 0.1) is 0 Å². The standard InChI is InChI=1S/C15H27N3O3/c1-3-15(13(19)20)8-5-11-18(15)14(21)17(4-2)12-6-9-16-10-7-12/h12,16H,3-11H2,1-2H3,(H,19,20). The number of amides is 2. The monoisotopic (exact) mass is 297 g/mol. The lowest BCUT2D eigenvalue weighted by Crippen LogP contribution is -2.59. The van der Waals surface area contributed by atoms with Gasteiger partial charge in [0.2, 0.25) is 0 Å². The van der Waals surface area contributed by atoms with Gasteiger partial charge in [-0.15, -0.1) is 0 Å². The van der Waals surface area contributed by atoms with E-state index in [2.05, 4.69) is 5.32 Å².